The molecule has 0 radical (unpaired) electrons. The lowest BCUT2D eigenvalue weighted by atomic mass is 9.99. The summed E-state index contributed by atoms with van der Waals surface area (Å²) in [6.45, 7) is 4.40. The van der Waals surface area contributed by atoms with Gasteiger partial charge in [-0.3, -0.25) is 5.32 Å². The second kappa shape index (κ2) is 4.52. The highest BCUT2D eigenvalue weighted by atomic mass is 32.1. The number of methoxy groups -OCH3 is 1. The Hall–Kier alpha value is -0.940. The lowest BCUT2D eigenvalue weighted by molar-refractivity contribution is -0.148. The molecule has 78 valence electrons. The van der Waals surface area contributed by atoms with E-state index in [1.165, 1.54) is 18.4 Å². The monoisotopic (exact) mass is 214 g/mol. The van der Waals surface area contributed by atoms with Crippen molar-refractivity contribution in [2.45, 2.75) is 19.4 Å². The summed E-state index contributed by atoms with van der Waals surface area (Å²) in [6, 6.07) is 0. The quantitative estimate of drug-likeness (QED) is 0.764. The van der Waals surface area contributed by atoms with Gasteiger partial charge in [-0.05, 0) is 13.5 Å². The molecule has 0 saturated heterocycles. The van der Waals surface area contributed by atoms with Crippen LogP contribution in [-0.4, -0.2) is 24.6 Å². The molecular formula is C9H14N2O2S. The van der Waals surface area contributed by atoms with Crippen molar-refractivity contribution >= 4 is 17.3 Å². The molecule has 4 nitrogen and oxygen atoms in total. The van der Waals surface area contributed by atoms with Gasteiger partial charge in [0.2, 0.25) is 0 Å². The fraction of sp³-hybridized carbons (Fsp3) is 0.556. The van der Waals surface area contributed by atoms with Crippen LogP contribution in [0.4, 0.5) is 0 Å². The zero-order valence-electron chi connectivity index (χ0n) is 8.53. The van der Waals surface area contributed by atoms with Crippen molar-refractivity contribution in [2.75, 3.05) is 13.7 Å². The highest BCUT2D eigenvalue weighted by Gasteiger charge is 2.37. The van der Waals surface area contributed by atoms with Crippen molar-refractivity contribution in [3.05, 3.63) is 16.6 Å². The molecule has 0 aliphatic carbocycles. The molecule has 0 fully saturated rings. The van der Waals surface area contributed by atoms with Crippen LogP contribution in [0.5, 0.6) is 0 Å². The lowest BCUT2D eigenvalue weighted by Gasteiger charge is -2.25. The number of hydrogen-bond donors (Lipinski definition) is 1. The van der Waals surface area contributed by atoms with Gasteiger partial charge in [0.1, 0.15) is 0 Å². The average Bonchev–Trinajstić information content (AvgIpc) is 2.70. The number of likely N-dealkylation sites (N-methyl/N-ethyl adjacent to an activating group) is 1. The zero-order chi connectivity index (χ0) is 10.6. The Labute approximate surface area is 87.3 Å². The third-order valence-corrected chi connectivity index (χ3v) is 2.66. The number of thiazole rings is 1. The molecule has 1 unspecified atom stereocenters. The summed E-state index contributed by atoms with van der Waals surface area (Å²) < 4.78 is 4.75. The number of esters is 1. The number of rotatable bonds is 4. The summed E-state index contributed by atoms with van der Waals surface area (Å²) in [5, 5.41) is 4.93. The molecule has 0 spiro atoms. The summed E-state index contributed by atoms with van der Waals surface area (Å²) in [5.41, 5.74) is 1.58. The highest BCUT2D eigenvalue weighted by molar-refractivity contribution is 7.07. The van der Waals surface area contributed by atoms with E-state index in [0.717, 1.165) is 0 Å². The van der Waals surface area contributed by atoms with Crippen molar-refractivity contribution in [1.82, 2.24) is 10.3 Å². The second-order valence-corrected chi connectivity index (χ2v) is 3.74. The molecule has 0 bridgehead atoms. The van der Waals surface area contributed by atoms with Crippen LogP contribution in [0.15, 0.2) is 10.9 Å². The Bertz CT molecular complexity index is 300. The second-order valence-electron chi connectivity index (χ2n) is 3.02. The highest BCUT2D eigenvalue weighted by Crippen LogP contribution is 2.21. The predicted octanol–water partition coefficient (Wildman–Crippen LogP) is 1.14. The molecule has 1 N–H and O–H groups in total. The Balaban J connectivity index is 2.98. The fourth-order valence-electron chi connectivity index (χ4n) is 1.28. The number of ether oxygens (including phenoxy) is 1. The van der Waals surface area contributed by atoms with Crippen LogP contribution in [0.25, 0.3) is 0 Å². The largest absolute Gasteiger partial charge is 0.467 e. The van der Waals surface area contributed by atoms with E-state index in [1.54, 1.807) is 12.4 Å². The molecule has 1 rings (SSSR count). The van der Waals surface area contributed by atoms with Crippen LogP contribution < -0.4 is 5.32 Å². The van der Waals surface area contributed by atoms with Gasteiger partial charge in [-0.15, -0.1) is 11.3 Å². The first kappa shape index (κ1) is 11.1. The maximum atomic E-state index is 11.6. The van der Waals surface area contributed by atoms with Crippen molar-refractivity contribution < 1.29 is 9.53 Å². The van der Waals surface area contributed by atoms with Gasteiger partial charge < -0.3 is 4.74 Å². The van der Waals surface area contributed by atoms with Gasteiger partial charge in [0.25, 0.3) is 0 Å². The minimum Gasteiger partial charge on any atom is -0.467 e. The molecule has 14 heavy (non-hydrogen) atoms. The van der Waals surface area contributed by atoms with E-state index in [4.69, 9.17) is 4.74 Å². The van der Waals surface area contributed by atoms with Gasteiger partial charge in [0.15, 0.2) is 5.54 Å². The van der Waals surface area contributed by atoms with Gasteiger partial charge >= 0.3 is 5.97 Å². The van der Waals surface area contributed by atoms with Crippen LogP contribution >= 0.6 is 11.3 Å². The number of hydrogen-bond acceptors (Lipinski definition) is 5. The van der Waals surface area contributed by atoms with Crippen LogP contribution in [-0.2, 0) is 15.1 Å². The third kappa shape index (κ3) is 1.93. The van der Waals surface area contributed by atoms with Crippen LogP contribution in [0.3, 0.4) is 0 Å². The topological polar surface area (TPSA) is 51.2 Å². The van der Waals surface area contributed by atoms with Gasteiger partial charge in [0.05, 0.1) is 18.3 Å². The molecule has 1 heterocycles. The first-order chi connectivity index (χ1) is 6.65. The molecule has 0 aliphatic heterocycles. The molecular weight excluding hydrogens is 200 g/mol. The number of nitrogens with one attached hydrogen (secondary N) is 1. The molecule has 0 saturated carbocycles. The summed E-state index contributed by atoms with van der Waals surface area (Å²) in [7, 11) is 1.38. The van der Waals surface area contributed by atoms with E-state index in [9.17, 15) is 4.79 Å². The minimum absolute atomic E-state index is 0.315. The van der Waals surface area contributed by atoms with Crippen LogP contribution in [0.2, 0.25) is 0 Å². The molecule has 1 atom stereocenters. The smallest absolute Gasteiger partial charge is 0.332 e. The first-order valence-electron chi connectivity index (χ1n) is 4.37. The van der Waals surface area contributed by atoms with Crippen LogP contribution in [0, 0.1) is 0 Å². The Morgan fingerprint density at radius 2 is 2.50 bits per heavy atom. The molecule has 0 aromatic carbocycles. The standard InChI is InChI=1S/C9H14N2O2S/c1-4-11-9(2,8(12)13-3)7-5-14-6-10-7/h5-6,11H,4H2,1-3H3. The molecule has 1 aromatic rings. The van der Waals surface area contributed by atoms with Crippen molar-refractivity contribution in [3.8, 4) is 0 Å². The molecule has 0 aliphatic rings. The van der Waals surface area contributed by atoms with E-state index in [-0.39, 0.29) is 5.97 Å². The van der Waals surface area contributed by atoms with Crippen molar-refractivity contribution in [1.29, 1.82) is 0 Å². The Morgan fingerprint density at radius 1 is 1.79 bits per heavy atom. The molecule has 0 amide bonds. The van der Waals surface area contributed by atoms with Crippen LogP contribution in [0.1, 0.15) is 19.5 Å². The number of aromatic nitrogens is 1. The van der Waals surface area contributed by atoms with E-state index in [2.05, 4.69) is 10.3 Å². The number of nitrogens with zero attached hydrogens (tertiary/aromatic N) is 1. The maximum absolute atomic E-state index is 11.6. The van der Waals surface area contributed by atoms with Crippen molar-refractivity contribution in [3.63, 3.8) is 0 Å². The zero-order valence-corrected chi connectivity index (χ0v) is 9.35. The summed E-state index contributed by atoms with van der Waals surface area (Å²) in [6.07, 6.45) is 0. The molecule has 1 aromatic heterocycles. The summed E-state index contributed by atoms with van der Waals surface area (Å²) >= 11 is 1.46. The van der Waals surface area contributed by atoms with Gasteiger partial charge in [-0.25, -0.2) is 9.78 Å². The number of carbonyl (C=O) groups excluding carboxylic acids is 1. The normalized spacial score (nSPS) is 14.8. The van der Waals surface area contributed by atoms with E-state index < -0.39 is 5.54 Å². The van der Waals surface area contributed by atoms with E-state index in [0.29, 0.717) is 12.2 Å². The first-order valence-corrected chi connectivity index (χ1v) is 5.31. The Kier molecular flexibility index (Phi) is 3.60. The van der Waals surface area contributed by atoms with E-state index >= 15 is 0 Å². The average molecular weight is 214 g/mol. The van der Waals surface area contributed by atoms with Gasteiger partial charge in [-0.2, -0.15) is 0 Å². The lowest BCUT2D eigenvalue weighted by Crippen LogP contribution is -2.47. The predicted molar refractivity (Wildman–Crippen MR) is 55.2 cm³/mol. The third-order valence-electron chi connectivity index (χ3n) is 2.07. The maximum Gasteiger partial charge on any atom is 0.332 e. The van der Waals surface area contributed by atoms with Crippen molar-refractivity contribution in [2.24, 2.45) is 0 Å². The van der Waals surface area contributed by atoms with Gasteiger partial charge in [-0.1, -0.05) is 6.92 Å². The summed E-state index contributed by atoms with van der Waals surface area (Å²) in [4.78, 5) is 15.7. The fourth-order valence-corrected chi connectivity index (χ4v) is 1.95. The molecule has 5 heteroatoms. The number of carbonyl (C=O) groups is 1. The van der Waals surface area contributed by atoms with E-state index in [1.807, 2.05) is 12.3 Å². The minimum atomic E-state index is -0.830. The SMILES string of the molecule is CCNC(C)(C(=O)OC)c1cscn1. The summed E-state index contributed by atoms with van der Waals surface area (Å²) in [5.74, 6) is -0.315. The Morgan fingerprint density at radius 3 is 2.93 bits per heavy atom. The van der Waals surface area contributed by atoms with Gasteiger partial charge in [0, 0.05) is 5.38 Å².